The molecule has 3 aromatic rings. The molecule has 0 spiro atoms. The lowest BCUT2D eigenvalue weighted by Gasteiger charge is -2.26. The standard InChI is InChI=1S/C25H31N5O/c1-18(22-9-8-21-6-4-5-7-23(21)14-22)28-25(31)15-29(3)19(2)20-10-12-24(13-11-20)30-17-26-16-27-30/h8-14,16-19H,4-7,15H2,1-3H3,(H,28,31)/t18-,19-/m1/s1. The Hall–Kier alpha value is -2.99. The summed E-state index contributed by atoms with van der Waals surface area (Å²) in [6.07, 6.45) is 8.08. The number of hydrogen-bond acceptors (Lipinski definition) is 4. The SMILES string of the molecule is C[C@H](c1ccc(-n2cncn2)cc1)N(C)CC(=O)N[C@H](C)c1ccc2c(c1)CCCC2. The number of fused-ring (bicyclic) bond motifs is 1. The molecule has 162 valence electrons. The summed E-state index contributed by atoms with van der Waals surface area (Å²) in [7, 11) is 1.99. The number of likely N-dealkylation sites (N-methyl/N-ethyl adjacent to an activating group) is 1. The van der Waals surface area contributed by atoms with Crippen LogP contribution in [0.3, 0.4) is 0 Å². The van der Waals surface area contributed by atoms with Crippen LogP contribution in [0.25, 0.3) is 5.69 Å². The normalized spacial score (nSPS) is 15.4. The van der Waals surface area contributed by atoms with E-state index in [1.807, 2.05) is 19.2 Å². The van der Waals surface area contributed by atoms with Gasteiger partial charge in [0, 0.05) is 6.04 Å². The molecule has 2 atom stereocenters. The number of nitrogens with one attached hydrogen (secondary N) is 1. The Balaban J connectivity index is 1.33. The molecule has 6 nitrogen and oxygen atoms in total. The van der Waals surface area contributed by atoms with Crippen molar-refractivity contribution in [3.05, 3.63) is 77.4 Å². The van der Waals surface area contributed by atoms with Crippen LogP contribution in [-0.4, -0.2) is 39.2 Å². The Morgan fingerprint density at radius 2 is 1.77 bits per heavy atom. The molecule has 0 bridgehead atoms. The van der Waals surface area contributed by atoms with Crippen molar-refractivity contribution in [2.24, 2.45) is 0 Å². The molecule has 6 heteroatoms. The van der Waals surface area contributed by atoms with Gasteiger partial charge >= 0.3 is 0 Å². The monoisotopic (exact) mass is 417 g/mol. The highest BCUT2D eigenvalue weighted by Gasteiger charge is 2.18. The first kappa shape index (κ1) is 21.2. The molecule has 0 aliphatic heterocycles. The second kappa shape index (κ2) is 9.43. The van der Waals surface area contributed by atoms with Crippen LogP contribution in [0.15, 0.2) is 55.1 Å². The van der Waals surface area contributed by atoms with Gasteiger partial charge in [0.05, 0.1) is 18.3 Å². The minimum atomic E-state index is 0.00500. The van der Waals surface area contributed by atoms with Crippen molar-refractivity contribution in [1.29, 1.82) is 0 Å². The van der Waals surface area contributed by atoms with Crippen LogP contribution in [0.5, 0.6) is 0 Å². The highest BCUT2D eigenvalue weighted by Crippen LogP contribution is 2.25. The molecule has 1 aromatic heterocycles. The van der Waals surface area contributed by atoms with Crippen molar-refractivity contribution in [3.63, 3.8) is 0 Å². The minimum absolute atomic E-state index is 0.00500. The van der Waals surface area contributed by atoms with Gasteiger partial charge in [-0.15, -0.1) is 0 Å². The van der Waals surface area contributed by atoms with Crippen LogP contribution < -0.4 is 5.32 Å². The number of aromatic nitrogens is 3. The fraction of sp³-hybridized carbons (Fsp3) is 0.400. The van der Waals surface area contributed by atoms with E-state index in [1.54, 1.807) is 11.0 Å². The van der Waals surface area contributed by atoms with Crippen LogP contribution in [0, 0.1) is 0 Å². The zero-order valence-electron chi connectivity index (χ0n) is 18.6. The predicted octanol–water partition coefficient (Wildman–Crippen LogP) is 4.02. The number of nitrogens with zero attached hydrogens (tertiary/aromatic N) is 4. The van der Waals surface area contributed by atoms with Gasteiger partial charge in [-0.3, -0.25) is 9.69 Å². The second-order valence-corrected chi connectivity index (χ2v) is 8.55. The molecule has 0 fully saturated rings. The maximum Gasteiger partial charge on any atom is 0.234 e. The first-order chi connectivity index (χ1) is 15.0. The average Bonchev–Trinajstić information content (AvgIpc) is 3.33. The van der Waals surface area contributed by atoms with Crippen LogP contribution in [0.4, 0.5) is 0 Å². The van der Waals surface area contributed by atoms with E-state index in [0.717, 1.165) is 17.7 Å². The van der Waals surface area contributed by atoms with Crippen molar-refractivity contribution in [2.45, 2.75) is 51.6 Å². The first-order valence-corrected chi connectivity index (χ1v) is 11.1. The molecule has 0 saturated heterocycles. The van der Waals surface area contributed by atoms with Crippen LogP contribution in [0.2, 0.25) is 0 Å². The Morgan fingerprint density at radius 1 is 1.06 bits per heavy atom. The zero-order valence-corrected chi connectivity index (χ0v) is 18.6. The van der Waals surface area contributed by atoms with E-state index in [0.29, 0.717) is 6.54 Å². The van der Waals surface area contributed by atoms with Gasteiger partial charge in [0.1, 0.15) is 12.7 Å². The van der Waals surface area contributed by atoms with Crippen LogP contribution in [0.1, 0.15) is 61.0 Å². The molecule has 31 heavy (non-hydrogen) atoms. The smallest absolute Gasteiger partial charge is 0.234 e. The lowest BCUT2D eigenvalue weighted by molar-refractivity contribution is -0.123. The van der Waals surface area contributed by atoms with Gasteiger partial charge in [-0.2, -0.15) is 5.10 Å². The molecule has 1 heterocycles. The van der Waals surface area contributed by atoms with Gasteiger partial charge in [0.15, 0.2) is 0 Å². The molecule has 1 aliphatic rings. The molecular formula is C25H31N5O. The Kier molecular flexibility index (Phi) is 6.47. The van der Waals surface area contributed by atoms with Gasteiger partial charge in [-0.05, 0) is 81.0 Å². The summed E-state index contributed by atoms with van der Waals surface area (Å²) < 4.78 is 1.73. The number of benzene rings is 2. The molecule has 0 unspecified atom stereocenters. The van der Waals surface area contributed by atoms with Gasteiger partial charge < -0.3 is 5.32 Å². The van der Waals surface area contributed by atoms with Gasteiger partial charge in [0.2, 0.25) is 5.91 Å². The van der Waals surface area contributed by atoms with E-state index < -0.39 is 0 Å². The number of carbonyl (C=O) groups excluding carboxylic acids is 1. The summed E-state index contributed by atoms with van der Waals surface area (Å²) in [6.45, 7) is 4.53. The second-order valence-electron chi connectivity index (χ2n) is 8.55. The average molecular weight is 418 g/mol. The highest BCUT2D eigenvalue weighted by atomic mass is 16.2. The maximum atomic E-state index is 12.7. The van der Waals surface area contributed by atoms with E-state index >= 15 is 0 Å². The quantitative estimate of drug-likeness (QED) is 0.631. The minimum Gasteiger partial charge on any atom is -0.348 e. The van der Waals surface area contributed by atoms with Gasteiger partial charge in [0.25, 0.3) is 0 Å². The van der Waals surface area contributed by atoms with Crippen LogP contribution in [-0.2, 0) is 17.6 Å². The number of aryl methyl sites for hydroxylation is 2. The third-order valence-corrected chi connectivity index (χ3v) is 6.36. The number of carbonyl (C=O) groups is 1. The Bertz CT molecular complexity index is 1010. The summed E-state index contributed by atoms with van der Waals surface area (Å²) >= 11 is 0. The van der Waals surface area contributed by atoms with E-state index in [9.17, 15) is 4.79 Å². The number of hydrogen-bond donors (Lipinski definition) is 1. The van der Waals surface area contributed by atoms with Crippen molar-refractivity contribution in [1.82, 2.24) is 25.0 Å². The molecular weight excluding hydrogens is 386 g/mol. The van der Waals surface area contributed by atoms with E-state index in [1.165, 1.54) is 42.3 Å². The largest absolute Gasteiger partial charge is 0.348 e. The summed E-state index contributed by atoms with van der Waals surface area (Å²) in [5.41, 5.74) is 6.23. The number of amides is 1. The molecule has 1 aliphatic carbocycles. The fourth-order valence-electron chi connectivity index (χ4n) is 4.26. The Labute approximate surface area is 184 Å². The third kappa shape index (κ3) is 5.02. The third-order valence-electron chi connectivity index (χ3n) is 6.36. The van der Waals surface area contributed by atoms with Crippen molar-refractivity contribution >= 4 is 5.91 Å². The lowest BCUT2D eigenvalue weighted by atomic mass is 9.89. The molecule has 0 radical (unpaired) electrons. The molecule has 1 amide bonds. The van der Waals surface area contributed by atoms with Crippen molar-refractivity contribution in [3.8, 4) is 5.69 Å². The molecule has 4 rings (SSSR count). The highest BCUT2D eigenvalue weighted by molar-refractivity contribution is 5.78. The molecule has 1 N–H and O–H groups in total. The van der Waals surface area contributed by atoms with E-state index in [-0.39, 0.29) is 18.0 Å². The lowest BCUT2D eigenvalue weighted by Crippen LogP contribution is -2.37. The van der Waals surface area contributed by atoms with Gasteiger partial charge in [-0.1, -0.05) is 30.3 Å². The topological polar surface area (TPSA) is 63.1 Å². The van der Waals surface area contributed by atoms with Gasteiger partial charge in [-0.25, -0.2) is 9.67 Å². The predicted molar refractivity (Wildman–Crippen MR) is 122 cm³/mol. The summed E-state index contributed by atoms with van der Waals surface area (Å²) in [5, 5.41) is 7.32. The first-order valence-electron chi connectivity index (χ1n) is 11.1. The summed E-state index contributed by atoms with van der Waals surface area (Å²) in [6, 6.07) is 15.0. The van der Waals surface area contributed by atoms with E-state index in [2.05, 4.69) is 64.5 Å². The van der Waals surface area contributed by atoms with Crippen LogP contribution >= 0.6 is 0 Å². The molecule has 0 saturated carbocycles. The maximum absolute atomic E-state index is 12.7. The summed E-state index contributed by atoms with van der Waals surface area (Å²) in [5.74, 6) is 0.0406. The zero-order chi connectivity index (χ0) is 21.8. The molecule has 2 aromatic carbocycles. The Morgan fingerprint density at radius 3 is 2.48 bits per heavy atom. The number of rotatable bonds is 7. The summed E-state index contributed by atoms with van der Waals surface area (Å²) in [4.78, 5) is 18.8. The van der Waals surface area contributed by atoms with E-state index in [4.69, 9.17) is 0 Å². The fourth-order valence-corrected chi connectivity index (χ4v) is 4.26. The van der Waals surface area contributed by atoms with Crippen molar-refractivity contribution < 1.29 is 4.79 Å². The van der Waals surface area contributed by atoms with Crippen molar-refractivity contribution in [2.75, 3.05) is 13.6 Å².